The van der Waals surface area contributed by atoms with Gasteiger partial charge >= 0.3 is 0 Å². The zero-order chi connectivity index (χ0) is 15.0. The minimum atomic E-state index is -0.549. The fourth-order valence-corrected chi connectivity index (χ4v) is 2.28. The third-order valence-corrected chi connectivity index (χ3v) is 3.29. The summed E-state index contributed by atoms with van der Waals surface area (Å²) in [4.78, 5) is 26.3. The standard InChI is InChI=1S/C15H11N3O3/c1-10(19)12-8-11(6-7-14(12)18(20)21)17-9-16-13-4-2-3-5-15(13)17/h2-9H,1H3. The first kappa shape index (κ1) is 13.0. The van der Waals surface area contributed by atoms with Crippen molar-refractivity contribution in [3.05, 3.63) is 64.5 Å². The molecule has 0 saturated heterocycles. The van der Waals surface area contributed by atoms with Crippen molar-refractivity contribution in [3.8, 4) is 5.69 Å². The Bertz CT molecular complexity index is 867. The van der Waals surface area contributed by atoms with Crippen molar-refractivity contribution in [2.75, 3.05) is 0 Å². The molecule has 0 saturated carbocycles. The molecule has 0 amide bonds. The lowest BCUT2D eigenvalue weighted by atomic mass is 10.1. The van der Waals surface area contributed by atoms with E-state index in [1.54, 1.807) is 17.0 Å². The van der Waals surface area contributed by atoms with E-state index >= 15 is 0 Å². The molecule has 2 aromatic carbocycles. The van der Waals surface area contributed by atoms with Gasteiger partial charge in [-0.25, -0.2) is 4.98 Å². The van der Waals surface area contributed by atoms with E-state index in [9.17, 15) is 14.9 Å². The number of hydrogen-bond donors (Lipinski definition) is 0. The number of aromatic nitrogens is 2. The molecular weight excluding hydrogens is 270 g/mol. The molecule has 6 nitrogen and oxygen atoms in total. The number of rotatable bonds is 3. The Morgan fingerprint density at radius 2 is 2.00 bits per heavy atom. The van der Waals surface area contributed by atoms with Gasteiger partial charge in [-0.2, -0.15) is 0 Å². The van der Waals surface area contributed by atoms with Crippen molar-refractivity contribution in [2.45, 2.75) is 6.92 Å². The molecular formula is C15H11N3O3. The maximum atomic E-state index is 11.6. The normalized spacial score (nSPS) is 10.7. The molecule has 3 rings (SSSR count). The number of nitro benzene ring substituents is 1. The number of imidazole rings is 1. The van der Waals surface area contributed by atoms with E-state index in [1.807, 2.05) is 24.3 Å². The molecule has 0 aliphatic rings. The average molecular weight is 281 g/mol. The zero-order valence-electron chi connectivity index (χ0n) is 11.2. The lowest BCUT2D eigenvalue weighted by molar-refractivity contribution is -0.385. The van der Waals surface area contributed by atoms with Crippen LogP contribution < -0.4 is 0 Å². The van der Waals surface area contributed by atoms with Gasteiger partial charge < -0.3 is 0 Å². The molecule has 0 aliphatic carbocycles. The van der Waals surface area contributed by atoms with Gasteiger partial charge in [0, 0.05) is 11.8 Å². The summed E-state index contributed by atoms with van der Waals surface area (Å²) in [5, 5.41) is 11.0. The summed E-state index contributed by atoms with van der Waals surface area (Å²) in [6.45, 7) is 1.32. The molecule has 0 spiro atoms. The Labute approximate surface area is 119 Å². The summed E-state index contributed by atoms with van der Waals surface area (Å²) in [6, 6.07) is 12.0. The number of nitrogens with zero attached hydrogens (tertiary/aromatic N) is 3. The van der Waals surface area contributed by atoms with E-state index in [2.05, 4.69) is 4.98 Å². The van der Waals surface area contributed by atoms with Gasteiger partial charge in [0.2, 0.25) is 0 Å². The second kappa shape index (κ2) is 4.82. The van der Waals surface area contributed by atoms with Crippen LogP contribution in [0.5, 0.6) is 0 Å². The topological polar surface area (TPSA) is 78.0 Å². The van der Waals surface area contributed by atoms with Gasteiger partial charge in [0.1, 0.15) is 6.33 Å². The molecule has 1 heterocycles. The summed E-state index contributed by atoms with van der Waals surface area (Å²) in [6.07, 6.45) is 1.63. The van der Waals surface area contributed by atoms with Crippen LogP contribution in [0.4, 0.5) is 5.69 Å². The second-order valence-corrected chi connectivity index (χ2v) is 4.62. The van der Waals surface area contributed by atoms with E-state index < -0.39 is 4.92 Å². The molecule has 0 atom stereocenters. The van der Waals surface area contributed by atoms with Gasteiger partial charge in [0.25, 0.3) is 5.69 Å². The summed E-state index contributed by atoms with van der Waals surface area (Å²) >= 11 is 0. The summed E-state index contributed by atoms with van der Waals surface area (Å²) in [7, 11) is 0. The maximum absolute atomic E-state index is 11.6. The van der Waals surface area contributed by atoms with Crippen LogP contribution in [0.15, 0.2) is 48.8 Å². The monoisotopic (exact) mass is 281 g/mol. The van der Waals surface area contributed by atoms with E-state index in [4.69, 9.17) is 0 Å². The van der Waals surface area contributed by atoms with Crippen LogP contribution in [0.25, 0.3) is 16.7 Å². The molecule has 3 aromatic rings. The van der Waals surface area contributed by atoms with Crippen LogP contribution in [0.2, 0.25) is 0 Å². The van der Waals surface area contributed by atoms with Gasteiger partial charge in [-0.1, -0.05) is 12.1 Å². The molecule has 0 bridgehead atoms. The number of carbonyl (C=O) groups is 1. The van der Waals surface area contributed by atoms with Crippen molar-refractivity contribution in [1.29, 1.82) is 0 Å². The number of carbonyl (C=O) groups excluding carboxylic acids is 1. The number of ketones is 1. The molecule has 0 aliphatic heterocycles. The number of hydrogen-bond acceptors (Lipinski definition) is 4. The first-order valence-corrected chi connectivity index (χ1v) is 6.30. The highest BCUT2D eigenvalue weighted by Crippen LogP contribution is 2.25. The van der Waals surface area contributed by atoms with Crippen LogP contribution in [-0.2, 0) is 0 Å². The van der Waals surface area contributed by atoms with E-state index in [0.717, 1.165) is 11.0 Å². The van der Waals surface area contributed by atoms with Crippen molar-refractivity contribution < 1.29 is 9.72 Å². The predicted molar refractivity (Wildman–Crippen MR) is 77.7 cm³/mol. The fourth-order valence-electron chi connectivity index (χ4n) is 2.28. The van der Waals surface area contributed by atoms with Gasteiger partial charge in [-0.05, 0) is 31.2 Å². The molecule has 0 radical (unpaired) electrons. The highest BCUT2D eigenvalue weighted by atomic mass is 16.6. The first-order chi connectivity index (χ1) is 10.1. The first-order valence-electron chi connectivity index (χ1n) is 6.30. The van der Waals surface area contributed by atoms with Crippen LogP contribution in [0, 0.1) is 10.1 Å². The van der Waals surface area contributed by atoms with Crippen molar-refractivity contribution in [3.63, 3.8) is 0 Å². The highest BCUT2D eigenvalue weighted by Gasteiger charge is 2.18. The molecule has 1 aromatic heterocycles. The Morgan fingerprint density at radius 3 is 2.71 bits per heavy atom. The number of Topliss-reactive ketones (excluding diaryl/α,β-unsaturated/α-hetero) is 1. The predicted octanol–water partition coefficient (Wildman–Crippen LogP) is 3.14. The molecule has 0 fully saturated rings. The van der Waals surface area contributed by atoms with E-state index in [1.165, 1.54) is 19.1 Å². The zero-order valence-corrected chi connectivity index (χ0v) is 11.2. The lowest BCUT2D eigenvalue weighted by Gasteiger charge is -2.06. The average Bonchev–Trinajstić information content (AvgIpc) is 2.90. The third kappa shape index (κ3) is 2.16. The molecule has 6 heteroatoms. The van der Waals surface area contributed by atoms with Crippen LogP contribution in [0.1, 0.15) is 17.3 Å². The minimum Gasteiger partial charge on any atom is -0.299 e. The summed E-state index contributed by atoms with van der Waals surface area (Å²) in [5.74, 6) is -0.340. The molecule has 0 N–H and O–H groups in total. The van der Waals surface area contributed by atoms with Crippen LogP contribution >= 0.6 is 0 Å². The Hall–Kier alpha value is -3.02. The van der Waals surface area contributed by atoms with E-state index in [0.29, 0.717) is 5.69 Å². The largest absolute Gasteiger partial charge is 0.299 e. The molecule has 0 unspecified atom stereocenters. The van der Waals surface area contributed by atoms with Gasteiger partial charge in [-0.15, -0.1) is 0 Å². The Balaban J connectivity index is 2.22. The van der Waals surface area contributed by atoms with Crippen LogP contribution in [-0.4, -0.2) is 20.3 Å². The fraction of sp³-hybridized carbons (Fsp3) is 0.0667. The maximum Gasteiger partial charge on any atom is 0.280 e. The summed E-state index contributed by atoms with van der Waals surface area (Å²) < 4.78 is 1.80. The quantitative estimate of drug-likeness (QED) is 0.419. The minimum absolute atomic E-state index is 0.0929. The lowest BCUT2D eigenvalue weighted by Crippen LogP contribution is -2.02. The highest BCUT2D eigenvalue weighted by molar-refractivity contribution is 5.98. The molecule has 104 valence electrons. The Morgan fingerprint density at radius 1 is 1.24 bits per heavy atom. The number of benzene rings is 2. The van der Waals surface area contributed by atoms with Gasteiger partial charge in [0.05, 0.1) is 21.5 Å². The third-order valence-electron chi connectivity index (χ3n) is 3.29. The van der Waals surface area contributed by atoms with Gasteiger partial charge in [0.15, 0.2) is 5.78 Å². The van der Waals surface area contributed by atoms with E-state index in [-0.39, 0.29) is 17.0 Å². The van der Waals surface area contributed by atoms with Crippen molar-refractivity contribution >= 4 is 22.5 Å². The Kier molecular flexibility index (Phi) is 2.98. The van der Waals surface area contributed by atoms with Crippen molar-refractivity contribution in [1.82, 2.24) is 9.55 Å². The summed E-state index contributed by atoms with van der Waals surface area (Å²) in [5.41, 5.74) is 2.27. The number of nitro groups is 1. The van der Waals surface area contributed by atoms with Crippen molar-refractivity contribution in [2.24, 2.45) is 0 Å². The smallest absolute Gasteiger partial charge is 0.280 e. The second-order valence-electron chi connectivity index (χ2n) is 4.62. The number of fused-ring (bicyclic) bond motifs is 1. The SMILES string of the molecule is CC(=O)c1cc(-n2cnc3ccccc32)ccc1[N+](=O)[O-]. The number of para-hydroxylation sites is 2. The van der Waals surface area contributed by atoms with Crippen LogP contribution in [0.3, 0.4) is 0 Å². The van der Waals surface area contributed by atoms with Gasteiger partial charge in [-0.3, -0.25) is 19.5 Å². The molecule has 21 heavy (non-hydrogen) atoms.